The zero-order chi connectivity index (χ0) is 69.8. The van der Waals surface area contributed by atoms with E-state index in [1.165, 1.54) is 173 Å². The molecule has 0 aromatic heterocycles. The molecule has 0 heterocycles. The van der Waals surface area contributed by atoms with Crippen LogP contribution in [0, 0.1) is 5.92 Å². The number of esters is 4. The number of ether oxygens (including phenoxy) is 4. The molecule has 0 radical (unpaired) electrons. The Kier molecular flexibility index (Phi) is 66.9. The van der Waals surface area contributed by atoms with Gasteiger partial charge in [-0.3, -0.25) is 37.3 Å². The molecule has 0 saturated carbocycles. The minimum absolute atomic E-state index is 0.101. The highest BCUT2D eigenvalue weighted by atomic mass is 31.2. The fourth-order valence-electron chi connectivity index (χ4n) is 11.2. The minimum Gasteiger partial charge on any atom is -0.462 e. The van der Waals surface area contributed by atoms with E-state index in [4.69, 9.17) is 37.0 Å². The van der Waals surface area contributed by atoms with Gasteiger partial charge in [-0.1, -0.05) is 322 Å². The number of carbonyl (C=O) groups is 4. The van der Waals surface area contributed by atoms with Crippen LogP contribution in [0.4, 0.5) is 0 Å². The van der Waals surface area contributed by atoms with Crippen LogP contribution in [0.15, 0.2) is 24.3 Å². The van der Waals surface area contributed by atoms with E-state index in [2.05, 4.69) is 58.9 Å². The first-order valence-corrected chi connectivity index (χ1v) is 41.9. The lowest BCUT2D eigenvalue weighted by Crippen LogP contribution is -2.30. The summed E-state index contributed by atoms with van der Waals surface area (Å²) in [5.41, 5.74) is 0. The molecule has 17 nitrogen and oxygen atoms in total. The highest BCUT2D eigenvalue weighted by Gasteiger charge is 2.30. The van der Waals surface area contributed by atoms with Crippen LogP contribution in [0.25, 0.3) is 0 Å². The van der Waals surface area contributed by atoms with Gasteiger partial charge in [0.1, 0.15) is 19.3 Å². The van der Waals surface area contributed by atoms with Gasteiger partial charge < -0.3 is 33.8 Å². The summed E-state index contributed by atoms with van der Waals surface area (Å²) >= 11 is 0. The Hall–Kier alpha value is -2.46. The molecule has 2 unspecified atom stereocenters. The fraction of sp³-hybridized carbons (Fsp3) is 0.895. The third kappa shape index (κ3) is 69.8. The maximum absolute atomic E-state index is 13.1. The van der Waals surface area contributed by atoms with Crippen molar-refractivity contribution in [2.24, 2.45) is 5.92 Å². The van der Waals surface area contributed by atoms with Gasteiger partial charge in [0.25, 0.3) is 0 Å². The van der Waals surface area contributed by atoms with E-state index in [0.29, 0.717) is 25.7 Å². The molecule has 560 valence electrons. The molecule has 0 amide bonds. The molecule has 0 aliphatic carbocycles. The molecule has 0 fully saturated rings. The van der Waals surface area contributed by atoms with Crippen LogP contribution in [0.1, 0.15) is 375 Å². The Labute approximate surface area is 580 Å². The van der Waals surface area contributed by atoms with Gasteiger partial charge in [-0.2, -0.15) is 0 Å². The minimum atomic E-state index is -4.96. The van der Waals surface area contributed by atoms with Gasteiger partial charge in [0.2, 0.25) is 0 Å². The molecule has 0 aliphatic heterocycles. The second-order valence-corrected chi connectivity index (χ2v) is 30.1. The van der Waals surface area contributed by atoms with Crippen LogP contribution in [-0.2, 0) is 65.4 Å². The lowest BCUT2D eigenvalue weighted by atomic mass is 10.0. The third-order valence-electron chi connectivity index (χ3n) is 17.2. The Morgan fingerprint density at radius 1 is 0.326 bits per heavy atom. The first-order chi connectivity index (χ1) is 46.0. The zero-order valence-corrected chi connectivity index (χ0v) is 63.1. The highest BCUT2D eigenvalue weighted by molar-refractivity contribution is 7.47. The molecule has 5 atom stereocenters. The van der Waals surface area contributed by atoms with E-state index in [1.54, 1.807) is 0 Å². The Balaban J connectivity index is 5.25. The van der Waals surface area contributed by atoms with Crippen molar-refractivity contribution in [1.82, 2.24) is 0 Å². The lowest BCUT2D eigenvalue weighted by molar-refractivity contribution is -0.161. The zero-order valence-electron chi connectivity index (χ0n) is 61.3. The molecule has 0 saturated heterocycles. The number of hydrogen-bond donors (Lipinski definition) is 3. The molecule has 95 heavy (non-hydrogen) atoms. The molecule has 0 aromatic carbocycles. The molecule has 0 aliphatic rings. The van der Waals surface area contributed by atoms with E-state index < -0.39 is 97.5 Å². The van der Waals surface area contributed by atoms with Crippen molar-refractivity contribution in [2.45, 2.75) is 393 Å². The van der Waals surface area contributed by atoms with Crippen LogP contribution in [0.3, 0.4) is 0 Å². The number of hydrogen-bond acceptors (Lipinski definition) is 15. The van der Waals surface area contributed by atoms with E-state index in [9.17, 15) is 43.2 Å². The number of unbranched alkanes of at least 4 members (excludes halogenated alkanes) is 43. The first-order valence-electron chi connectivity index (χ1n) is 39.0. The second kappa shape index (κ2) is 68.7. The quantitative estimate of drug-likeness (QED) is 0.0169. The van der Waals surface area contributed by atoms with E-state index in [-0.39, 0.29) is 25.7 Å². The van der Waals surface area contributed by atoms with Gasteiger partial charge in [-0.15, -0.1) is 0 Å². The molecule has 0 spiro atoms. The van der Waals surface area contributed by atoms with E-state index in [0.717, 1.165) is 121 Å². The smallest absolute Gasteiger partial charge is 0.462 e. The van der Waals surface area contributed by atoms with E-state index in [1.807, 2.05) is 0 Å². The van der Waals surface area contributed by atoms with Gasteiger partial charge in [-0.25, -0.2) is 9.13 Å². The van der Waals surface area contributed by atoms with Gasteiger partial charge >= 0.3 is 39.5 Å². The largest absolute Gasteiger partial charge is 0.472 e. The van der Waals surface area contributed by atoms with Gasteiger partial charge in [0.15, 0.2) is 12.2 Å². The van der Waals surface area contributed by atoms with Crippen LogP contribution >= 0.6 is 15.6 Å². The van der Waals surface area contributed by atoms with Gasteiger partial charge in [0, 0.05) is 25.7 Å². The van der Waals surface area contributed by atoms with E-state index >= 15 is 0 Å². The highest BCUT2D eigenvalue weighted by Crippen LogP contribution is 2.45. The predicted octanol–water partition coefficient (Wildman–Crippen LogP) is 22.0. The SMILES string of the molecule is CCCCCC/C=C\C=C/CCCCCCCC(=O)OC[C@H](COP(=O)(O)OC[C@@H](O)COP(=O)(O)OC[C@@H](COC(=O)CCCCCCCCCC)OC(=O)CCCCCCCCCCCCCCCC)OC(=O)CCCCCCCCCCCCCCCCCC(C)C. The lowest BCUT2D eigenvalue weighted by Gasteiger charge is -2.21. The number of rotatable bonds is 74. The maximum Gasteiger partial charge on any atom is 0.472 e. The summed E-state index contributed by atoms with van der Waals surface area (Å²) in [6.45, 7) is 7.23. The summed E-state index contributed by atoms with van der Waals surface area (Å²) in [5, 5.41) is 10.6. The van der Waals surface area contributed by atoms with Crippen LogP contribution in [0.5, 0.6) is 0 Å². The van der Waals surface area contributed by atoms with Crippen molar-refractivity contribution in [3.05, 3.63) is 24.3 Å². The molecule has 0 bridgehead atoms. The number of aliphatic hydroxyl groups is 1. The number of phosphoric ester groups is 2. The van der Waals surface area contributed by atoms with Crippen LogP contribution < -0.4 is 0 Å². The van der Waals surface area contributed by atoms with Crippen molar-refractivity contribution in [3.8, 4) is 0 Å². The summed E-state index contributed by atoms with van der Waals surface area (Å²) in [6, 6.07) is 0. The normalized spacial score (nSPS) is 14.1. The van der Waals surface area contributed by atoms with Crippen molar-refractivity contribution in [2.75, 3.05) is 39.6 Å². The summed E-state index contributed by atoms with van der Waals surface area (Å²) in [4.78, 5) is 72.7. The predicted molar refractivity (Wildman–Crippen MR) is 386 cm³/mol. The topological polar surface area (TPSA) is 237 Å². The third-order valence-corrected chi connectivity index (χ3v) is 19.1. The fourth-order valence-corrected chi connectivity index (χ4v) is 12.7. The summed E-state index contributed by atoms with van der Waals surface area (Å²) in [5.74, 6) is -1.35. The molecule has 19 heteroatoms. The average Bonchev–Trinajstić information content (AvgIpc) is 1.47. The molecule has 3 N–H and O–H groups in total. The summed E-state index contributed by atoms with van der Waals surface area (Å²) in [7, 11) is -9.92. The van der Waals surface area contributed by atoms with Gasteiger partial charge in [0.05, 0.1) is 26.4 Å². The average molecular weight is 1390 g/mol. The standard InChI is InChI=1S/C76H144O17P2/c1-6-9-12-15-18-21-23-25-28-33-36-40-45-50-55-60-74(79)87-66-72(93-76(81)62-57-52-47-42-38-34-30-27-29-31-35-39-43-48-53-58-69(4)5)68-91-95(84,85)89-64-70(77)63-88-94(82,83)90-67-71(65-86-73(78)59-54-49-44-20-17-14-11-8-3)92-75(80)61-56-51-46-41-37-32-26-24-22-19-16-13-10-7-2/h21,23,25,28,69-72,77H,6-20,22,24,26-27,29-68H2,1-5H3,(H,82,83)(H,84,85)/b23-21-,28-25-/t70-,71+,72+/m0/s1. The summed E-state index contributed by atoms with van der Waals surface area (Å²) < 4.78 is 68.4. The van der Waals surface area contributed by atoms with Crippen molar-refractivity contribution >= 4 is 39.5 Å². The molecular weight excluding hydrogens is 1250 g/mol. The summed E-state index contributed by atoms with van der Waals surface area (Å²) in [6.07, 6.45) is 60.4. The van der Waals surface area contributed by atoms with Crippen molar-refractivity contribution in [3.63, 3.8) is 0 Å². The van der Waals surface area contributed by atoms with Crippen molar-refractivity contribution < 1.29 is 80.2 Å². The molecule has 0 aromatic rings. The Bertz CT molecular complexity index is 1920. The molecular formula is C76H144O17P2. The maximum atomic E-state index is 13.1. The van der Waals surface area contributed by atoms with Crippen LogP contribution in [-0.4, -0.2) is 96.7 Å². The number of aliphatic hydroxyl groups excluding tert-OH is 1. The van der Waals surface area contributed by atoms with Crippen molar-refractivity contribution in [1.29, 1.82) is 0 Å². The molecule has 0 rings (SSSR count). The number of phosphoric acid groups is 2. The van der Waals surface area contributed by atoms with Gasteiger partial charge in [-0.05, 0) is 57.3 Å². The monoisotopic (exact) mass is 1390 g/mol. The number of carbonyl (C=O) groups excluding carboxylic acids is 4. The first kappa shape index (κ1) is 92.5. The van der Waals surface area contributed by atoms with Crippen LogP contribution in [0.2, 0.25) is 0 Å². The second-order valence-electron chi connectivity index (χ2n) is 27.2. The Morgan fingerprint density at radius 3 is 0.863 bits per heavy atom. The number of allylic oxidation sites excluding steroid dienone is 4. The Morgan fingerprint density at radius 2 is 0.568 bits per heavy atom.